The molecule has 0 aromatic heterocycles. The molecule has 168 valence electrons. The number of nitrogens with zero attached hydrogens (tertiary/aromatic N) is 1. The van der Waals surface area contributed by atoms with Gasteiger partial charge in [0.25, 0.3) is 0 Å². The molecule has 0 aliphatic heterocycles. The molecule has 1 N–H and O–H groups in total. The molecular formula is C23H27Cl2FN2O2S. The fraction of sp³-hybridized carbons (Fsp3) is 0.391. The van der Waals surface area contributed by atoms with Crippen LogP contribution in [0.5, 0.6) is 0 Å². The van der Waals surface area contributed by atoms with Crippen LogP contribution in [-0.4, -0.2) is 35.1 Å². The largest absolute Gasteiger partial charge is 0.354 e. The van der Waals surface area contributed by atoms with Crippen LogP contribution < -0.4 is 5.32 Å². The van der Waals surface area contributed by atoms with E-state index in [0.717, 1.165) is 0 Å². The van der Waals surface area contributed by atoms with Crippen LogP contribution in [0.4, 0.5) is 4.39 Å². The summed E-state index contributed by atoms with van der Waals surface area (Å²) in [6, 6.07) is 10.8. The van der Waals surface area contributed by atoms with Gasteiger partial charge in [0, 0.05) is 28.9 Å². The van der Waals surface area contributed by atoms with Crippen LogP contribution in [0.2, 0.25) is 10.0 Å². The molecule has 2 amide bonds. The molecule has 0 radical (unpaired) electrons. The van der Waals surface area contributed by atoms with Crippen LogP contribution >= 0.6 is 35.0 Å². The monoisotopic (exact) mass is 484 g/mol. The van der Waals surface area contributed by atoms with Crippen molar-refractivity contribution in [2.24, 2.45) is 5.92 Å². The highest BCUT2D eigenvalue weighted by Crippen LogP contribution is 2.24. The minimum Gasteiger partial charge on any atom is -0.354 e. The lowest BCUT2D eigenvalue weighted by atomic mass is 10.1. The van der Waals surface area contributed by atoms with Crippen molar-refractivity contribution in [1.29, 1.82) is 0 Å². The van der Waals surface area contributed by atoms with Crippen molar-refractivity contribution in [3.63, 3.8) is 0 Å². The van der Waals surface area contributed by atoms with Crippen LogP contribution in [0.15, 0.2) is 42.5 Å². The summed E-state index contributed by atoms with van der Waals surface area (Å²) in [6.45, 7) is 6.39. The number of hydrogen-bond donors (Lipinski definition) is 1. The molecule has 0 saturated carbocycles. The summed E-state index contributed by atoms with van der Waals surface area (Å²) >= 11 is 13.6. The Morgan fingerprint density at radius 2 is 1.81 bits per heavy atom. The SMILES string of the molecule is CC(C)CNC(=O)[C@H](C)N(Cc1ccc(Cl)cc1Cl)C(=O)CSCc1ccccc1F. The molecular weight excluding hydrogens is 458 g/mol. The van der Waals surface area contributed by atoms with Crippen LogP contribution in [0.1, 0.15) is 31.9 Å². The number of amides is 2. The Hall–Kier alpha value is -1.76. The second-order valence-electron chi connectivity index (χ2n) is 7.66. The number of carbonyl (C=O) groups is 2. The number of carbonyl (C=O) groups excluding carboxylic acids is 2. The predicted molar refractivity (Wildman–Crippen MR) is 127 cm³/mol. The minimum atomic E-state index is -0.688. The summed E-state index contributed by atoms with van der Waals surface area (Å²) in [5.41, 5.74) is 1.23. The highest BCUT2D eigenvalue weighted by molar-refractivity contribution is 7.99. The van der Waals surface area contributed by atoms with Crippen molar-refractivity contribution in [2.45, 2.75) is 39.1 Å². The Morgan fingerprint density at radius 3 is 2.45 bits per heavy atom. The van der Waals surface area contributed by atoms with Gasteiger partial charge in [0.05, 0.1) is 5.75 Å². The lowest BCUT2D eigenvalue weighted by Gasteiger charge is -2.29. The first-order valence-corrected chi connectivity index (χ1v) is 11.9. The number of rotatable bonds is 10. The molecule has 2 aromatic carbocycles. The van der Waals surface area contributed by atoms with E-state index >= 15 is 0 Å². The molecule has 0 saturated heterocycles. The molecule has 0 fully saturated rings. The topological polar surface area (TPSA) is 49.4 Å². The van der Waals surface area contributed by atoms with Gasteiger partial charge in [-0.1, -0.05) is 61.3 Å². The van der Waals surface area contributed by atoms with Crippen molar-refractivity contribution in [3.05, 3.63) is 69.5 Å². The first kappa shape index (κ1) is 25.5. The van der Waals surface area contributed by atoms with Crippen molar-refractivity contribution < 1.29 is 14.0 Å². The van der Waals surface area contributed by atoms with Crippen LogP contribution in [0.25, 0.3) is 0 Å². The summed E-state index contributed by atoms with van der Waals surface area (Å²) in [5.74, 6) is 0.0188. The molecule has 2 aromatic rings. The maximum absolute atomic E-state index is 13.8. The van der Waals surface area contributed by atoms with Gasteiger partial charge in [-0.3, -0.25) is 9.59 Å². The first-order valence-electron chi connectivity index (χ1n) is 10.0. The second-order valence-corrected chi connectivity index (χ2v) is 9.49. The molecule has 0 unspecified atom stereocenters. The van der Waals surface area contributed by atoms with E-state index in [4.69, 9.17) is 23.2 Å². The highest BCUT2D eigenvalue weighted by Gasteiger charge is 2.26. The van der Waals surface area contributed by atoms with Gasteiger partial charge in [-0.05, 0) is 42.2 Å². The second kappa shape index (κ2) is 12.3. The number of thioether (sulfide) groups is 1. The number of benzene rings is 2. The zero-order valence-corrected chi connectivity index (χ0v) is 20.2. The summed E-state index contributed by atoms with van der Waals surface area (Å²) in [5, 5.41) is 3.80. The van der Waals surface area contributed by atoms with E-state index in [9.17, 15) is 14.0 Å². The molecule has 4 nitrogen and oxygen atoms in total. The Balaban J connectivity index is 2.12. The van der Waals surface area contributed by atoms with E-state index in [2.05, 4.69) is 5.32 Å². The number of nitrogens with one attached hydrogen (secondary N) is 1. The fourth-order valence-electron chi connectivity index (χ4n) is 2.82. The normalized spacial score (nSPS) is 12.0. The molecule has 2 rings (SSSR count). The van der Waals surface area contributed by atoms with Gasteiger partial charge in [-0.15, -0.1) is 11.8 Å². The average Bonchev–Trinajstić information content (AvgIpc) is 2.72. The van der Waals surface area contributed by atoms with Crippen molar-refractivity contribution in [1.82, 2.24) is 10.2 Å². The Labute approximate surface area is 197 Å². The van der Waals surface area contributed by atoms with E-state index < -0.39 is 6.04 Å². The molecule has 31 heavy (non-hydrogen) atoms. The van der Waals surface area contributed by atoms with Crippen LogP contribution in [-0.2, 0) is 21.9 Å². The summed E-state index contributed by atoms with van der Waals surface area (Å²) in [7, 11) is 0. The Morgan fingerprint density at radius 1 is 1.10 bits per heavy atom. The lowest BCUT2D eigenvalue weighted by molar-refractivity contribution is -0.138. The molecule has 0 heterocycles. The molecule has 0 spiro atoms. The quantitative estimate of drug-likeness (QED) is 0.480. The zero-order chi connectivity index (χ0) is 23.0. The van der Waals surface area contributed by atoms with Gasteiger partial charge in [0.15, 0.2) is 0 Å². The summed E-state index contributed by atoms with van der Waals surface area (Å²) < 4.78 is 13.8. The van der Waals surface area contributed by atoms with E-state index in [0.29, 0.717) is 39.4 Å². The van der Waals surface area contributed by atoms with Crippen LogP contribution in [0.3, 0.4) is 0 Å². The van der Waals surface area contributed by atoms with Crippen LogP contribution in [0, 0.1) is 11.7 Å². The van der Waals surface area contributed by atoms with E-state index in [1.165, 1.54) is 22.7 Å². The van der Waals surface area contributed by atoms with Gasteiger partial charge < -0.3 is 10.2 Å². The predicted octanol–water partition coefficient (Wildman–Crippen LogP) is 5.56. The fourth-order valence-corrected chi connectivity index (χ4v) is 4.18. The third-order valence-electron chi connectivity index (χ3n) is 4.65. The van der Waals surface area contributed by atoms with E-state index in [-0.39, 0.29) is 29.9 Å². The molecule has 0 aliphatic carbocycles. The van der Waals surface area contributed by atoms with Gasteiger partial charge in [-0.2, -0.15) is 0 Å². The van der Waals surface area contributed by atoms with E-state index in [1.54, 1.807) is 43.3 Å². The van der Waals surface area contributed by atoms with Crippen molar-refractivity contribution in [2.75, 3.05) is 12.3 Å². The minimum absolute atomic E-state index is 0.112. The molecule has 1 atom stereocenters. The molecule has 8 heteroatoms. The zero-order valence-electron chi connectivity index (χ0n) is 17.8. The third-order valence-corrected chi connectivity index (χ3v) is 6.20. The summed E-state index contributed by atoms with van der Waals surface area (Å²) in [4.78, 5) is 27.2. The van der Waals surface area contributed by atoms with Gasteiger partial charge in [0.1, 0.15) is 11.9 Å². The maximum atomic E-state index is 13.8. The Kier molecular flexibility index (Phi) is 10.1. The smallest absolute Gasteiger partial charge is 0.242 e. The van der Waals surface area contributed by atoms with Gasteiger partial charge in [0.2, 0.25) is 11.8 Å². The van der Waals surface area contributed by atoms with Gasteiger partial charge in [-0.25, -0.2) is 4.39 Å². The third kappa shape index (κ3) is 8.02. The Bertz CT molecular complexity index is 911. The maximum Gasteiger partial charge on any atom is 0.242 e. The van der Waals surface area contributed by atoms with Crippen molar-refractivity contribution >= 4 is 46.8 Å². The first-order chi connectivity index (χ1) is 14.7. The standard InChI is InChI=1S/C23H27Cl2FN2O2S/c1-15(2)11-27-23(30)16(3)28(12-17-8-9-19(24)10-20(17)25)22(29)14-31-13-18-6-4-5-7-21(18)26/h4-10,15-16H,11-14H2,1-3H3,(H,27,30)/t16-/m0/s1. The van der Waals surface area contributed by atoms with Crippen molar-refractivity contribution in [3.8, 4) is 0 Å². The molecule has 0 bridgehead atoms. The molecule has 0 aliphatic rings. The van der Waals surface area contributed by atoms with Gasteiger partial charge >= 0.3 is 0 Å². The number of halogens is 3. The average molecular weight is 485 g/mol. The lowest BCUT2D eigenvalue weighted by Crippen LogP contribution is -2.48. The number of hydrogen-bond acceptors (Lipinski definition) is 3. The highest BCUT2D eigenvalue weighted by atomic mass is 35.5. The van der Waals surface area contributed by atoms with E-state index in [1.807, 2.05) is 13.8 Å². The summed E-state index contributed by atoms with van der Waals surface area (Å²) in [6.07, 6.45) is 0.